The molecule has 1 fully saturated rings. The van der Waals surface area contributed by atoms with Crippen molar-refractivity contribution in [2.45, 2.75) is 31.1 Å². The van der Waals surface area contributed by atoms with E-state index in [0.717, 1.165) is 25.7 Å². The van der Waals surface area contributed by atoms with Gasteiger partial charge in [0.15, 0.2) is 0 Å². The molecule has 1 aromatic carbocycles. The maximum Gasteiger partial charge on any atom is 0.252 e. The van der Waals surface area contributed by atoms with Crippen LogP contribution in [-0.4, -0.2) is 17.8 Å². The predicted octanol–water partition coefficient (Wildman–Crippen LogP) is 4.12. The van der Waals surface area contributed by atoms with Gasteiger partial charge in [-0.1, -0.05) is 12.8 Å². The minimum Gasteiger partial charge on any atom is -0.352 e. The van der Waals surface area contributed by atoms with Crippen molar-refractivity contribution in [3.05, 3.63) is 34.1 Å². The molecule has 1 aliphatic carbocycles. The molecule has 104 valence electrons. The molecule has 5 heteroatoms. The first-order chi connectivity index (χ1) is 9.08. The Morgan fingerprint density at radius 2 is 2.16 bits per heavy atom. The lowest BCUT2D eigenvalue weighted by Gasteiger charge is -2.27. The normalized spacial score (nSPS) is 23.1. The molecule has 1 N–H and O–H groups in total. The van der Waals surface area contributed by atoms with E-state index in [9.17, 15) is 9.18 Å². The van der Waals surface area contributed by atoms with Gasteiger partial charge in [-0.05, 0) is 52.9 Å². The number of alkyl halides is 1. The van der Waals surface area contributed by atoms with Crippen LogP contribution in [0.1, 0.15) is 36.0 Å². The molecule has 0 aliphatic heterocycles. The smallest absolute Gasteiger partial charge is 0.252 e. The Labute approximate surface area is 125 Å². The van der Waals surface area contributed by atoms with Gasteiger partial charge in [-0.15, -0.1) is 11.6 Å². The molecule has 2 atom stereocenters. The van der Waals surface area contributed by atoms with Crippen molar-refractivity contribution in [3.63, 3.8) is 0 Å². The minimum atomic E-state index is -0.416. The Bertz CT molecular complexity index is 469. The van der Waals surface area contributed by atoms with Crippen LogP contribution in [0, 0.1) is 11.7 Å². The molecule has 19 heavy (non-hydrogen) atoms. The molecule has 1 aliphatic rings. The summed E-state index contributed by atoms with van der Waals surface area (Å²) >= 11 is 9.50. The second-order valence-corrected chi connectivity index (χ2v) is 6.31. The van der Waals surface area contributed by atoms with Gasteiger partial charge in [-0.2, -0.15) is 0 Å². The second-order valence-electron chi connectivity index (χ2n) is 4.89. The van der Waals surface area contributed by atoms with Gasteiger partial charge >= 0.3 is 0 Å². The molecule has 0 saturated heterocycles. The standard InChI is InChI=1S/C14H16BrClFNO/c15-12-6-5-10(17)7-11(12)14(19)18-8-9-3-1-2-4-13(9)16/h5-7,9,13H,1-4,8H2,(H,18,19). The third kappa shape index (κ3) is 3.93. The van der Waals surface area contributed by atoms with Gasteiger partial charge in [0.1, 0.15) is 5.82 Å². The van der Waals surface area contributed by atoms with Crippen molar-refractivity contribution >= 4 is 33.4 Å². The Kier molecular flexibility index (Phi) is 5.22. The van der Waals surface area contributed by atoms with Crippen LogP contribution in [0.2, 0.25) is 0 Å². The molecule has 0 aromatic heterocycles. The number of hydrogen-bond acceptors (Lipinski definition) is 1. The summed E-state index contributed by atoms with van der Waals surface area (Å²) in [5.41, 5.74) is 0.321. The topological polar surface area (TPSA) is 29.1 Å². The predicted molar refractivity (Wildman–Crippen MR) is 78.0 cm³/mol. The molecule has 0 radical (unpaired) electrons. The van der Waals surface area contributed by atoms with E-state index in [2.05, 4.69) is 21.2 Å². The van der Waals surface area contributed by atoms with E-state index >= 15 is 0 Å². The summed E-state index contributed by atoms with van der Waals surface area (Å²) in [6.07, 6.45) is 4.37. The van der Waals surface area contributed by atoms with Gasteiger partial charge in [-0.3, -0.25) is 4.79 Å². The van der Waals surface area contributed by atoms with Crippen molar-refractivity contribution < 1.29 is 9.18 Å². The van der Waals surface area contributed by atoms with Gasteiger partial charge in [0.25, 0.3) is 5.91 Å². The zero-order chi connectivity index (χ0) is 13.8. The molecule has 0 spiro atoms. The number of rotatable bonds is 3. The van der Waals surface area contributed by atoms with Gasteiger partial charge in [0.05, 0.1) is 5.56 Å². The first kappa shape index (κ1) is 14.8. The fourth-order valence-electron chi connectivity index (χ4n) is 2.38. The number of nitrogens with one attached hydrogen (secondary N) is 1. The molecular formula is C14H16BrClFNO. The van der Waals surface area contributed by atoms with Gasteiger partial charge in [0.2, 0.25) is 0 Å². The van der Waals surface area contributed by atoms with Crippen molar-refractivity contribution in [3.8, 4) is 0 Å². The van der Waals surface area contributed by atoms with Crippen LogP contribution >= 0.6 is 27.5 Å². The zero-order valence-corrected chi connectivity index (χ0v) is 12.8. The van der Waals surface area contributed by atoms with Gasteiger partial charge < -0.3 is 5.32 Å². The zero-order valence-electron chi connectivity index (χ0n) is 10.5. The summed E-state index contributed by atoms with van der Waals surface area (Å²) in [7, 11) is 0. The number of benzene rings is 1. The van der Waals surface area contributed by atoms with Crippen LogP contribution in [0.5, 0.6) is 0 Å². The molecule has 2 nitrogen and oxygen atoms in total. The highest BCUT2D eigenvalue weighted by Gasteiger charge is 2.23. The fraction of sp³-hybridized carbons (Fsp3) is 0.500. The second kappa shape index (κ2) is 6.71. The number of amides is 1. The summed E-state index contributed by atoms with van der Waals surface area (Å²) in [4.78, 5) is 12.0. The first-order valence-electron chi connectivity index (χ1n) is 6.45. The molecule has 2 rings (SSSR count). The molecule has 1 aromatic rings. The quantitative estimate of drug-likeness (QED) is 0.818. The summed E-state index contributed by atoms with van der Waals surface area (Å²) in [6.45, 7) is 0.552. The van der Waals surface area contributed by atoms with Crippen molar-refractivity contribution in [2.75, 3.05) is 6.54 Å². The summed E-state index contributed by atoms with van der Waals surface area (Å²) in [6, 6.07) is 4.09. The summed E-state index contributed by atoms with van der Waals surface area (Å²) in [5.74, 6) is -0.367. The molecule has 2 unspecified atom stereocenters. The lowest BCUT2D eigenvalue weighted by atomic mass is 9.88. The largest absolute Gasteiger partial charge is 0.352 e. The average molecular weight is 349 g/mol. The molecule has 0 bridgehead atoms. The van der Waals surface area contributed by atoms with E-state index in [1.54, 1.807) is 0 Å². The third-order valence-corrected chi connectivity index (χ3v) is 4.78. The summed E-state index contributed by atoms with van der Waals surface area (Å²) in [5, 5.41) is 2.98. The maximum absolute atomic E-state index is 13.1. The molecule has 1 saturated carbocycles. The van der Waals surface area contributed by atoms with Crippen LogP contribution < -0.4 is 5.32 Å². The van der Waals surface area contributed by atoms with Gasteiger partial charge in [-0.25, -0.2) is 4.39 Å². The van der Waals surface area contributed by atoms with Crippen molar-refractivity contribution in [1.29, 1.82) is 0 Å². The Hall–Kier alpha value is -0.610. The first-order valence-corrected chi connectivity index (χ1v) is 7.68. The Morgan fingerprint density at radius 1 is 1.42 bits per heavy atom. The summed E-state index contributed by atoms with van der Waals surface area (Å²) < 4.78 is 13.7. The Morgan fingerprint density at radius 3 is 2.89 bits per heavy atom. The van der Waals surface area contributed by atoms with Crippen LogP contribution in [0.15, 0.2) is 22.7 Å². The average Bonchev–Trinajstić information content (AvgIpc) is 2.40. The van der Waals surface area contributed by atoms with E-state index in [1.165, 1.54) is 18.2 Å². The fourth-order valence-corrected chi connectivity index (χ4v) is 3.18. The van der Waals surface area contributed by atoms with E-state index in [-0.39, 0.29) is 11.3 Å². The molecule has 0 heterocycles. The van der Waals surface area contributed by atoms with Crippen LogP contribution in [-0.2, 0) is 0 Å². The minimum absolute atomic E-state index is 0.130. The molecular weight excluding hydrogens is 333 g/mol. The lowest BCUT2D eigenvalue weighted by Crippen LogP contribution is -2.34. The van der Waals surface area contributed by atoms with Crippen LogP contribution in [0.25, 0.3) is 0 Å². The highest BCUT2D eigenvalue weighted by atomic mass is 79.9. The highest BCUT2D eigenvalue weighted by molar-refractivity contribution is 9.10. The highest BCUT2D eigenvalue weighted by Crippen LogP contribution is 2.28. The van der Waals surface area contributed by atoms with E-state index < -0.39 is 5.82 Å². The van der Waals surface area contributed by atoms with Crippen molar-refractivity contribution in [2.24, 2.45) is 5.92 Å². The molecule has 1 amide bonds. The SMILES string of the molecule is O=C(NCC1CCCCC1Cl)c1cc(F)ccc1Br. The van der Waals surface area contributed by atoms with Gasteiger partial charge in [0, 0.05) is 16.4 Å². The van der Waals surface area contributed by atoms with Crippen molar-refractivity contribution in [1.82, 2.24) is 5.32 Å². The number of carbonyl (C=O) groups excluding carboxylic acids is 1. The number of halogens is 3. The van der Waals surface area contributed by atoms with Crippen LogP contribution in [0.4, 0.5) is 4.39 Å². The van der Waals surface area contributed by atoms with E-state index in [1.807, 2.05) is 0 Å². The third-order valence-electron chi connectivity index (χ3n) is 3.51. The lowest BCUT2D eigenvalue weighted by molar-refractivity contribution is 0.0943. The Balaban J connectivity index is 1.95. The monoisotopic (exact) mass is 347 g/mol. The number of carbonyl (C=O) groups is 1. The van der Waals surface area contributed by atoms with E-state index in [4.69, 9.17) is 11.6 Å². The van der Waals surface area contributed by atoms with E-state index in [0.29, 0.717) is 22.5 Å². The van der Waals surface area contributed by atoms with Crippen LogP contribution in [0.3, 0.4) is 0 Å². The maximum atomic E-state index is 13.1. The number of hydrogen-bond donors (Lipinski definition) is 1.